The van der Waals surface area contributed by atoms with Gasteiger partial charge in [0.1, 0.15) is 0 Å². The summed E-state index contributed by atoms with van der Waals surface area (Å²) >= 11 is 5.90. The lowest BCUT2D eigenvalue weighted by atomic mass is 10.00. The van der Waals surface area contributed by atoms with E-state index in [2.05, 4.69) is 29.4 Å². The van der Waals surface area contributed by atoms with E-state index in [0.717, 1.165) is 16.8 Å². The van der Waals surface area contributed by atoms with E-state index < -0.39 is 0 Å². The van der Waals surface area contributed by atoms with Gasteiger partial charge in [-0.1, -0.05) is 55.8 Å². The Labute approximate surface area is 173 Å². The van der Waals surface area contributed by atoms with Crippen LogP contribution in [0.25, 0.3) is 16.8 Å². The van der Waals surface area contributed by atoms with Gasteiger partial charge in [-0.25, -0.2) is 4.52 Å². The van der Waals surface area contributed by atoms with Crippen LogP contribution in [0.15, 0.2) is 54.6 Å². The van der Waals surface area contributed by atoms with Crippen molar-refractivity contribution >= 4 is 28.8 Å². The van der Waals surface area contributed by atoms with Crippen molar-refractivity contribution in [3.05, 3.63) is 76.7 Å². The van der Waals surface area contributed by atoms with Crippen LogP contribution in [0.2, 0.25) is 5.02 Å². The zero-order chi connectivity index (χ0) is 20.5. The number of aromatic nitrogens is 4. The number of rotatable bonds is 4. The van der Waals surface area contributed by atoms with Crippen molar-refractivity contribution in [3.63, 3.8) is 0 Å². The number of aryl methyl sites for hydroxylation is 1. The molecule has 0 atom stereocenters. The second kappa shape index (κ2) is 7.64. The predicted molar refractivity (Wildman–Crippen MR) is 114 cm³/mol. The van der Waals surface area contributed by atoms with E-state index in [1.165, 1.54) is 0 Å². The average Bonchev–Trinajstić information content (AvgIpc) is 3.11. The third-order valence-electron chi connectivity index (χ3n) is 4.72. The maximum absolute atomic E-state index is 12.8. The molecule has 2 heterocycles. The van der Waals surface area contributed by atoms with Crippen molar-refractivity contribution in [2.45, 2.75) is 26.7 Å². The molecule has 0 unspecified atom stereocenters. The molecule has 0 aliphatic heterocycles. The molecule has 0 radical (unpaired) electrons. The summed E-state index contributed by atoms with van der Waals surface area (Å²) in [5.74, 6) is -0.153. The minimum absolute atomic E-state index is 0.192. The molecule has 0 aliphatic rings. The number of nitrogens with one attached hydrogen (secondary N) is 1. The molecule has 0 spiro atoms. The van der Waals surface area contributed by atoms with Gasteiger partial charge in [-0.15, -0.1) is 10.2 Å². The van der Waals surface area contributed by atoms with Gasteiger partial charge < -0.3 is 5.32 Å². The van der Waals surface area contributed by atoms with E-state index >= 15 is 0 Å². The smallest absolute Gasteiger partial charge is 0.278 e. The molecule has 29 heavy (non-hydrogen) atoms. The number of hydrogen-bond acceptors (Lipinski definition) is 4. The summed E-state index contributed by atoms with van der Waals surface area (Å²) in [5.41, 5.74) is 5.02. The largest absolute Gasteiger partial charge is 0.321 e. The van der Waals surface area contributed by atoms with E-state index in [0.29, 0.717) is 22.1 Å². The third kappa shape index (κ3) is 3.59. The normalized spacial score (nSPS) is 11.2. The summed E-state index contributed by atoms with van der Waals surface area (Å²) in [7, 11) is 0. The Bertz CT molecular complexity index is 1180. The highest BCUT2D eigenvalue weighted by Crippen LogP contribution is 2.32. The van der Waals surface area contributed by atoms with Gasteiger partial charge in [0.25, 0.3) is 5.91 Å². The molecule has 0 fully saturated rings. The van der Waals surface area contributed by atoms with E-state index in [9.17, 15) is 4.79 Å². The van der Waals surface area contributed by atoms with Crippen molar-refractivity contribution < 1.29 is 4.79 Å². The fourth-order valence-corrected chi connectivity index (χ4v) is 3.37. The minimum atomic E-state index is -0.345. The van der Waals surface area contributed by atoms with Crippen molar-refractivity contribution in [2.24, 2.45) is 0 Å². The third-order valence-corrected chi connectivity index (χ3v) is 4.97. The fourth-order valence-electron chi connectivity index (χ4n) is 3.24. The zero-order valence-corrected chi connectivity index (χ0v) is 17.1. The molecule has 0 saturated heterocycles. The van der Waals surface area contributed by atoms with Crippen molar-refractivity contribution in [3.8, 4) is 11.1 Å². The number of hydrogen-bond donors (Lipinski definition) is 1. The zero-order valence-electron chi connectivity index (χ0n) is 16.3. The summed E-state index contributed by atoms with van der Waals surface area (Å²) < 4.78 is 1.71. The highest BCUT2D eigenvalue weighted by atomic mass is 35.5. The second-order valence-corrected chi connectivity index (χ2v) is 7.55. The maximum atomic E-state index is 12.8. The van der Waals surface area contributed by atoms with Crippen LogP contribution in [0.4, 0.5) is 5.69 Å². The van der Waals surface area contributed by atoms with E-state index in [1.54, 1.807) is 28.8 Å². The van der Waals surface area contributed by atoms with Gasteiger partial charge in [0.2, 0.25) is 0 Å². The maximum Gasteiger partial charge on any atom is 0.278 e. The first kappa shape index (κ1) is 19.1. The molecule has 0 saturated carbocycles. The molecular weight excluding hydrogens is 386 g/mol. The SMILES string of the molecule is Cc1c(C(=O)Nc2ccc(Cl)cc2)nnc2c(-c3ccccc3)c(C(C)C)nn12. The predicted octanol–water partition coefficient (Wildman–Crippen LogP) is 5.13. The van der Waals surface area contributed by atoms with Crippen LogP contribution in [0.1, 0.15) is 41.6 Å². The molecule has 146 valence electrons. The topological polar surface area (TPSA) is 72.2 Å². The Morgan fingerprint density at radius 1 is 1.03 bits per heavy atom. The monoisotopic (exact) mass is 405 g/mol. The van der Waals surface area contributed by atoms with E-state index in [1.807, 2.05) is 37.3 Å². The van der Waals surface area contributed by atoms with Crippen molar-refractivity contribution in [1.29, 1.82) is 0 Å². The van der Waals surface area contributed by atoms with Crippen LogP contribution in [0.5, 0.6) is 0 Å². The highest BCUT2D eigenvalue weighted by molar-refractivity contribution is 6.30. The quantitative estimate of drug-likeness (QED) is 0.511. The molecule has 7 heteroatoms. The number of fused-ring (bicyclic) bond motifs is 1. The lowest BCUT2D eigenvalue weighted by Crippen LogP contribution is -2.18. The van der Waals surface area contributed by atoms with Gasteiger partial charge in [0, 0.05) is 10.7 Å². The average molecular weight is 406 g/mol. The molecule has 6 nitrogen and oxygen atoms in total. The van der Waals surface area contributed by atoms with Crippen LogP contribution < -0.4 is 5.32 Å². The van der Waals surface area contributed by atoms with Crippen LogP contribution >= 0.6 is 11.6 Å². The lowest BCUT2D eigenvalue weighted by molar-refractivity contribution is 0.102. The summed E-state index contributed by atoms with van der Waals surface area (Å²) in [4.78, 5) is 12.8. The Kier molecular flexibility index (Phi) is 5.03. The van der Waals surface area contributed by atoms with Crippen LogP contribution in [0.3, 0.4) is 0 Å². The van der Waals surface area contributed by atoms with Gasteiger partial charge >= 0.3 is 0 Å². The van der Waals surface area contributed by atoms with Gasteiger partial charge in [0.15, 0.2) is 11.3 Å². The first-order chi connectivity index (χ1) is 14.0. The summed E-state index contributed by atoms with van der Waals surface area (Å²) in [6.07, 6.45) is 0. The van der Waals surface area contributed by atoms with Gasteiger partial charge in [-0.3, -0.25) is 4.79 Å². The number of carbonyl (C=O) groups is 1. The molecule has 1 N–H and O–H groups in total. The molecule has 4 aromatic rings. The number of amides is 1. The van der Waals surface area contributed by atoms with E-state index in [4.69, 9.17) is 16.7 Å². The van der Waals surface area contributed by atoms with Crippen LogP contribution in [0, 0.1) is 6.92 Å². The number of benzene rings is 2. The summed E-state index contributed by atoms with van der Waals surface area (Å²) in [6, 6.07) is 16.9. The second-order valence-electron chi connectivity index (χ2n) is 7.11. The Hall–Kier alpha value is -3.25. The van der Waals surface area contributed by atoms with Gasteiger partial charge in [-0.05, 0) is 42.7 Å². The first-order valence-corrected chi connectivity index (χ1v) is 9.71. The van der Waals surface area contributed by atoms with E-state index in [-0.39, 0.29) is 17.5 Å². The molecule has 0 bridgehead atoms. The Morgan fingerprint density at radius 3 is 2.38 bits per heavy atom. The van der Waals surface area contributed by atoms with Gasteiger partial charge in [-0.2, -0.15) is 5.10 Å². The molecule has 2 aromatic heterocycles. The molecule has 2 aromatic carbocycles. The molecular formula is C22H20ClN5O. The first-order valence-electron chi connectivity index (χ1n) is 9.34. The van der Waals surface area contributed by atoms with Crippen LogP contribution in [-0.2, 0) is 0 Å². The molecule has 1 amide bonds. The highest BCUT2D eigenvalue weighted by Gasteiger charge is 2.23. The Morgan fingerprint density at radius 2 is 1.72 bits per heavy atom. The van der Waals surface area contributed by atoms with Crippen molar-refractivity contribution in [1.82, 2.24) is 19.8 Å². The minimum Gasteiger partial charge on any atom is -0.321 e. The van der Waals surface area contributed by atoms with Gasteiger partial charge in [0.05, 0.1) is 17.0 Å². The van der Waals surface area contributed by atoms with Crippen LogP contribution in [-0.4, -0.2) is 25.7 Å². The standard InChI is InChI=1S/C22H20ClN5O/c1-13(2)19-18(15-7-5-4-6-8-15)21-26-25-20(14(3)28(21)27-19)22(29)24-17-11-9-16(23)10-12-17/h4-13H,1-3H3,(H,24,29). The number of carbonyl (C=O) groups excluding carboxylic acids is 1. The Balaban J connectivity index is 1.80. The molecule has 4 rings (SSSR count). The fraction of sp³-hybridized carbons (Fsp3) is 0.182. The molecule has 0 aliphatic carbocycles. The van der Waals surface area contributed by atoms with Crippen molar-refractivity contribution in [2.75, 3.05) is 5.32 Å². The summed E-state index contributed by atoms with van der Waals surface area (Å²) in [5, 5.41) is 16.8. The number of anilines is 1. The summed E-state index contributed by atoms with van der Waals surface area (Å²) in [6.45, 7) is 6.00. The number of halogens is 1. The lowest BCUT2D eigenvalue weighted by Gasteiger charge is -2.08. The number of nitrogens with zero attached hydrogens (tertiary/aromatic N) is 4.